The van der Waals surface area contributed by atoms with Crippen LogP contribution in [0.15, 0.2) is 0 Å². The average molecular weight is 779 g/mol. The van der Waals surface area contributed by atoms with Gasteiger partial charge in [0.15, 0.2) is 6.10 Å². The number of esters is 3. The molecule has 326 valence electrons. The highest BCUT2D eigenvalue weighted by Crippen LogP contribution is 2.17. The molecule has 1 atom stereocenters. The van der Waals surface area contributed by atoms with Crippen molar-refractivity contribution in [2.45, 2.75) is 272 Å². The lowest BCUT2D eigenvalue weighted by atomic mass is 10.0. The molecule has 0 fully saturated rings. The molecule has 0 aromatic rings. The van der Waals surface area contributed by atoms with E-state index in [1.54, 1.807) is 0 Å². The van der Waals surface area contributed by atoms with Crippen molar-refractivity contribution in [1.29, 1.82) is 0 Å². The molecule has 0 radical (unpaired) electrons. The predicted octanol–water partition coefficient (Wildman–Crippen LogP) is 15.4. The van der Waals surface area contributed by atoms with Gasteiger partial charge < -0.3 is 14.2 Å². The van der Waals surface area contributed by atoms with Crippen molar-refractivity contribution in [3.05, 3.63) is 0 Å². The fourth-order valence-electron chi connectivity index (χ4n) is 7.28. The maximum absolute atomic E-state index is 12.7. The molecule has 0 saturated heterocycles. The Morgan fingerprint density at radius 3 is 0.891 bits per heavy atom. The van der Waals surface area contributed by atoms with Gasteiger partial charge in [-0.05, 0) is 31.1 Å². The molecule has 0 aromatic heterocycles. The van der Waals surface area contributed by atoms with Crippen LogP contribution in [0.3, 0.4) is 0 Å². The molecule has 0 amide bonds. The van der Waals surface area contributed by atoms with E-state index in [2.05, 4.69) is 34.6 Å². The lowest BCUT2D eigenvalue weighted by molar-refractivity contribution is -0.167. The van der Waals surface area contributed by atoms with Crippen molar-refractivity contribution in [1.82, 2.24) is 0 Å². The normalized spacial score (nSPS) is 12.1. The van der Waals surface area contributed by atoms with Crippen molar-refractivity contribution >= 4 is 17.9 Å². The molecule has 0 aliphatic rings. The van der Waals surface area contributed by atoms with Gasteiger partial charge >= 0.3 is 17.9 Å². The van der Waals surface area contributed by atoms with E-state index in [0.717, 1.165) is 69.6 Å². The molecule has 0 spiro atoms. The van der Waals surface area contributed by atoms with Crippen molar-refractivity contribution in [2.24, 2.45) is 11.8 Å². The SMILES string of the molecule is CCCCCCCCCCCCCCCCCC(=O)OC[C@H](COC(=O)CCCCCCCCCC(C)C)OC(=O)CCCCCCCCCCCC(C)C. The number of rotatable bonds is 43. The maximum atomic E-state index is 12.7. The third-order valence-electron chi connectivity index (χ3n) is 11.0. The number of unbranched alkanes of at least 4 members (excludes halogenated alkanes) is 28. The molecular formula is C49H94O6. The van der Waals surface area contributed by atoms with Crippen LogP contribution >= 0.6 is 0 Å². The molecule has 55 heavy (non-hydrogen) atoms. The molecule has 0 aliphatic carbocycles. The number of carbonyl (C=O) groups is 3. The zero-order valence-corrected chi connectivity index (χ0v) is 37.6. The van der Waals surface area contributed by atoms with Crippen LogP contribution in [0.25, 0.3) is 0 Å². The van der Waals surface area contributed by atoms with Gasteiger partial charge in [0.1, 0.15) is 13.2 Å². The summed E-state index contributed by atoms with van der Waals surface area (Å²) in [6.45, 7) is 11.3. The highest BCUT2D eigenvalue weighted by molar-refractivity contribution is 5.71. The number of carbonyl (C=O) groups excluding carboxylic acids is 3. The quantitative estimate of drug-likeness (QED) is 0.0348. The average Bonchev–Trinajstić information content (AvgIpc) is 3.15. The molecule has 0 heterocycles. The van der Waals surface area contributed by atoms with E-state index in [4.69, 9.17) is 14.2 Å². The minimum absolute atomic E-state index is 0.0649. The highest BCUT2D eigenvalue weighted by Gasteiger charge is 2.19. The van der Waals surface area contributed by atoms with Gasteiger partial charge in [0.25, 0.3) is 0 Å². The summed E-state index contributed by atoms with van der Waals surface area (Å²) >= 11 is 0. The van der Waals surface area contributed by atoms with E-state index in [-0.39, 0.29) is 31.1 Å². The van der Waals surface area contributed by atoms with E-state index in [1.165, 1.54) is 154 Å². The molecule has 0 aromatic carbocycles. The van der Waals surface area contributed by atoms with E-state index < -0.39 is 6.10 Å². The van der Waals surface area contributed by atoms with Gasteiger partial charge in [0.05, 0.1) is 0 Å². The lowest BCUT2D eigenvalue weighted by Crippen LogP contribution is -2.30. The van der Waals surface area contributed by atoms with Crippen LogP contribution in [0, 0.1) is 11.8 Å². The van der Waals surface area contributed by atoms with Gasteiger partial charge in [-0.15, -0.1) is 0 Å². The van der Waals surface area contributed by atoms with Gasteiger partial charge in [0, 0.05) is 19.3 Å². The monoisotopic (exact) mass is 779 g/mol. The van der Waals surface area contributed by atoms with E-state index in [1.807, 2.05) is 0 Å². The summed E-state index contributed by atoms with van der Waals surface area (Å²) in [4.78, 5) is 37.8. The Hall–Kier alpha value is -1.59. The van der Waals surface area contributed by atoms with Crippen LogP contribution < -0.4 is 0 Å². The predicted molar refractivity (Wildman–Crippen MR) is 233 cm³/mol. The van der Waals surface area contributed by atoms with Gasteiger partial charge in [-0.2, -0.15) is 0 Å². The third kappa shape index (κ3) is 43.4. The van der Waals surface area contributed by atoms with Gasteiger partial charge in [-0.3, -0.25) is 14.4 Å². The maximum Gasteiger partial charge on any atom is 0.306 e. The molecular weight excluding hydrogens is 685 g/mol. The lowest BCUT2D eigenvalue weighted by Gasteiger charge is -2.18. The molecule has 0 saturated carbocycles. The number of hydrogen-bond donors (Lipinski definition) is 0. The first-order valence-electron chi connectivity index (χ1n) is 24.2. The van der Waals surface area contributed by atoms with E-state index in [9.17, 15) is 14.4 Å². The molecule has 0 bridgehead atoms. The van der Waals surface area contributed by atoms with Crippen LogP contribution in [0.2, 0.25) is 0 Å². The Bertz CT molecular complexity index is 839. The van der Waals surface area contributed by atoms with Crippen LogP contribution in [0.1, 0.15) is 266 Å². The summed E-state index contributed by atoms with van der Waals surface area (Å²) in [6.07, 6.45) is 41.0. The van der Waals surface area contributed by atoms with Crippen LogP contribution in [-0.2, 0) is 28.6 Å². The Kier molecular flexibility index (Phi) is 40.8. The first-order valence-corrected chi connectivity index (χ1v) is 24.2. The molecule has 0 unspecified atom stereocenters. The van der Waals surface area contributed by atoms with Crippen molar-refractivity contribution < 1.29 is 28.6 Å². The second-order valence-electron chi connectivity index (χ2n) is 17.7. The first kappa shape index (κ1) is 53.4. The molecule has 0 aliphatic heterocycles. The molecule has 0 rings (SSSR count). The van der Waals surface area contributed by atoms with Crippen LogP contribution in [0.4, 0.5) is 0 Å². The van der Waals surface area contributed by atoms with E-state index in [0.29, 0.717) is 19.3 Å². The standard InChI is InChI=1S/C49H94O6/c1-6-7-8-9-10-11-12-13-14-15-16-19-24-29-34-39-47(50)53-42-46(43-54-48(51)40-35-30-26-21-23-28-33-38-45(4)5)55-49(52)41-36-31-25-20-17-18-22-27-32-37-44(2)3/h44-46H,6-43H2,1-5H3/t46-/m1/s1. The van der Waals surface area contributed by atoms with Gasteiger partial charge in [0.2, 0.25) is 0 Å². The number of hydrogen-bond acceptors (Lipinski definition) is 6. The minimum Gasteiger partial charge on any atom is -0.462 e. The van der Waals surface area contributed by atoms with Crippen LogP contribution in [0.5, 0.6) is 0 Å². The fraction of sp³-hybridized carbons (Fsp3) is 0.939. The summed E-state index contributed by atoms with van der Waals surface area (Å²) < 4.78 is 16.7. The van der Waals surface area contributed by atoms with Crippen molar-refractivity contribution in [3.8, 4) is 0 Å². The molecule has 0 N–H and O–H groups in total. The summed E-state index contributed by atoms with van der Waals surface area (Å²) in [7, 11) is 0. The Morgan fingerprint density at radius 1 is 0.345 bits per heavy atom. The Morgan fingerprint density at radius 2 is 0.600 bits per heavy atom. The van der Waals surface area contributed by atoms with Crippen molar-refractivity contribution in [2.75, 3.05) is 13.2 Å². The first-order chi connectivity index (χ1) is 26.7. The zero-order valence-electron chi connectivity index (χ0n) is 37.6. The Labute approximate surface area is 342 Å². The summed E-state index contributed by atoms with van der Waals surface area (Å²) in [5.74, 6) is 0.731. The summed E-state index contributed by atoms with van der Waals surface area (Å²) in [6, 6.07) is 0. The second-order valence-corrected chi connectivity index (χ2v) is 17.7. The van der Waals surface area contributed by atoms with Gasteiger partial charge in [-0.25, -0.2) is 0 Å². The summed E-state index contributed by atoms with van der Waals surface area (Å²) in [5.41, 5.74) is 0. The van der Waals surface area contributed by atoms with E-state index >= 15 is 0 Å². The second kappa shape index (κ2) is 42.0. The zero-order chi connectivity index (χ0) is 40.5. The number of ether oxygens (including phenoxy) is 3. The summed E-state index contributed by atoms with van der Waals surface area (Å²) in [5, 5.41) is 0. The Balaban J connectivity index is 4.30. The molecule has 6 nitrogen and oxygen atoms in total. The topological polar surface area (TPSA) is 78.9 Å². The largest absolute Gasteiger partial charge is 0.462 e. The van der Waals surface area contributed by atoms with Crippen molar-refractivity contribution in [3.63, 3.8) is 0 Å². The third-order valence-corrected chi connectivity index (χ3v) is 11.0. The smallest absolute Gasteiger partial charge is 0.306 e. The van der Waals surface area contributed by atoms with Gasteiger partial charge in [-0.1, -0.05) is 227 Å². The minimum atomic E-state index is -0.761. The molecule has 6 heteroatoms. The fourth-order valence-corrected chi connectivity index (χ4v) is 7.28. The van der Waals surface area contributed by atoms with Crippen LogP contribution in [-0.4, -0.2) is 37.2 Å². The highest BCUT2D eigenvalue weighted by atomic mass is 16.6.